The van der Waals surface area contributed by atoms with Gasteiger partial charge in [-0.2, -0.15) is 8.78 Å². The third kappa shape index (κ3) is 3.97. The van der Waals surface area contributed by atoms with Crippen molar-refractivity contribution in [3.63, 3.8) is 0 Å². The SMILES string of the molecule is CCC(Nc1ccccc1SC(F)F)c1ccccc1. The third-order valence-electron chi connectivity index (χ3n) is 3.04. The zero-order valence-corrected chi connectivity index (χ0v) is 12.0. The predicted molar refractivity (Wildman–Crippen MR) is 81.4 cm³/mol. The lowest BCUT2D eigenvalue weighted by atomic mass is 10.0. The first-order chi connectivity index (χ1) is 9.70. The molecule has 0 aliphatic heterocycles. The Morgan fingerprint density at radius 3 is 2.30 bits per heavy atom. The molecule has 1 unspecified atom stereocenters. The molecule has 0 saturated heterocycles. The first-order valence-electron chi connectivity index (χ1n) is 6.56. The first kappa shape index (κ1) is 14.9. The molecule has 2 aromatic rings. The van der Waals surface area contributed by atoms with E-state index in [1.807, 2.05) is 42.5 Å². The summed E-state index contributed by atoms with van der Waals surface area (Å²) >= 11 is 0.577. The van der Waals surface area contributed by atoms with E-state index in [1.165, 1.54) is 0 Å². The summed E-state index contributed by atoms with van der Waals surface area (Å²) < 4.78 is 25.2. The van der Waals surface area contributed by atoms with Crippen molar-refractivity contribution >= 4 is 17.4 Å². The van der Waals surface area contributed by atoms with Gasteiger partial charge in [0.2, 0.25) is 0 Å². The number of hydrogen-bond acceptors (Lipinski definition) is 2. The van der Waals surface area contributed by atoms with E-state index in [0.29, 0.717) is 16.7 Å². The van der Waals surface area contributed by atoms with Crippen LogP contribution in [0.3, 0.4) is 0 Å². The lowest BCUT2D eigenvalue weighted by Gasteiger charge is -2.20. The van der Waals surface area contributed by atoms with Crippen LogP contribution < -0.4 is 5.32 Å². The maximum atomic E-state index is 12.6. The number of benzene rings is 2. The molecule has 0 aliphatic rings. The zero-order valence-electron chi connectivity index (χ0n) is 11.2. The van der Waals surface area contributed by atoms with Gasteiger partial charge in [0.05, 0.1) is 6.04 Å². The van der Waals surface area contributed by atoms with Crippen LogP contribution in [0.2, 0.25) is 0 Å². The second kappa shape index (κ2) is 7.29. The number of halogens is 2. The summed E-state index contributed by atoms with van der Waals surface area (Å²) in [6.07, 6.45) is 0.887. The highest BCUT2D eigenvalue weighted by Crippen LogP contribution is 2.34. The monoisotopic (exact) mass is 293 g/mol. The fourth-order valence-corrected chi connectivity index (χ4v) is 2.68. The maximum absolute atomic E-state index is 12.6. The summed E-state index contributed by atoms with van der Waals surface area (Å²) in [5.41, 5.74) is 1.92. The fourth-order valence-electron chi connectivity index (χ4n) is 2.08. The highest BCUT2D eigenvalue weighted by atomic mass is 32.2. The van der Waals surface area contributed by atoms with Crippen molar-refractivity contribution in [3.05, 3.63) is 60.2 Å². The number of thioether (sulfide) groups is 1. The molecule has 0 spiro atoms. The minimum Gasteiger partial charge on any atom is -0.377 e. The summed E-state index contributed by atoms with van der Waals surface area (Å²) in [7, 11) is 0. The van der Waals surface area contributed by atoms with Crippen LogP contribution >= 0.6 is 11.8 Å². The van der Waals surface area contributed by atoms with E-state index in [2.05, 4.69) is 12.2 Å². The minimum atomic E-state index is -2.41. The molecular formula is C16H17F2NS. The van der Waals surface area contributed by atoms with E-state index in [1.54, 1.807) is 12.1 Å². The normalized spacial score (nSPS) is 12.4. The van der Waals surface area contributed by atoms with Crippen molar-refractivity contribution in [2.24, 2.45) is 0 Å². The molecule has 2 aromatic carbocycles. The lowest BCUT2D eigenvalue weighted by molar-refractivity contribution is 0.252. The van der Waals surface area contributed by atoms with Crippen LogP contribution in [0.4, 0.5) is 14.5 Å². The molecule has 0 radical (unpaired) electrons. The highest BCUT2D eigenvalue weighted by Gasteiger charge is 2.13. The lowest BCUT2D eigenvalue weighted by Crippen LogP contribution is -2.10. The van der Waals surface area contributed by atoms with Gasteiger partial charge in [-0.25, -0.2) is 0 Å². The summed E-state index contributed by atoms with van der Waals surface area (Å²) in [4.78, 5) is 0.580. The Morgan fingerprint density at radius 1 is 1.00 bits per heavy atom. The predicted octanol–water partition coefficient (Wildman–Crippen LogP) is 5.56. The van der Waals surface area contributed by atoms with Gasteiger partial charge in [-0.1, -0.05) is 61.2 Å². The van der Waals surface area contributed by atoms with Crippen LogP contribution in [0.25, 0.3) is 0 Å². The number of nitrogens with one attached hydrogen (secondary N) is 1. The summed E-state index contributed by atoms with van der Waals surface area (Å²) in [6, 6.07) is 17.3. The molecule has 1 nitrogen and oxygen atoms in total. The van der Waals surface area contributed by atoms with Crippen molar-refractivity contribution in [1.29, 1.82) is 0 Å². The van der Waals surface area contributed by atoms with Crippen LogP contribution in [-0.4, -0.2) is 5.76 Å². The second-order valence-corrected chi connectivity index (χ2v) is 5.42. The number of anilines is 1. The van der Waals surface area contributed by atoms with Gasteiger partial charge in [-0.15, -0.1) is 0 Å². The van der Waals surface area contributed by atoms with Crippen molar-refractivity contribution < 1.29 is 8.78 Å². The Labute approximate surface area is 122 Å². The Morgan fingerprint density at radius 2 is 1.65 bits per heavy atom. The Balaban J connectivity index is 2.20. The van der Waals surface area contributed by atoms with Crippen molar-refractivity contribution in [3.8, 4) is 0 Å². The number of alkyl halides is 2. The Hall–Kier alpha value is -1.55. The van der Waals surface area contributed by atoms with Crippen molar-refractivity contribution in [2.75, 3.05) is 5.32 Å². The largest absolute Gasteiger partial charge is 0.377 e. The molecule has 0 heterocycles. The van der Waals surface area contributed by atoms with E-state index in [9.17, 15) is 8.78 Å². The molecule has 1 N–H and O–H groups in total. The molecular weight excluding hydrogens is 276 g/mol. The smallest absolute Gasteiger partial charge is 0.288 e. The quantitative estimate of drug-likeness (QED) is 0.699. The summed E-state index contributed by atoms with van der Waals surface area (Å²) in [5.74, 6) is -2.41. The van der Waals surface area contributed by atoms with Gasteiger partial charge in [0, 0.05) is 10.6 Å². The Bertz CT molecular complexity index is 531. The molecule has 106 valence electrons. The molecule has 0 fully saturated rings. The molecule has 1 atom stereocenters. The van der Waals surface area contributed by atoms with Crippen LogP contribution in [0.15, 0.2) is 59.5 Å². The second-order valence-electron chi connectivity index (χ2n) is 4.39. The number of para-hydroxylation sites is 1. The highest BCUT2D eigenvalue weighted by molar-refractivity contribution is 7.99. The standard InChI is InChI=1S/C16H17F2NS/c1-2-13(12-8-4-3-5-9-12)19-14-10-6-7-11-15(14)20-16(17)18/h3-11,13,16,19H,2H2,1H3. The van der Waals surface area contributed by atoms with Gasteiger partial charge in [0.1, 0.15) is 0 Å². The number of hydrogen-bond donors (Lipinski definition) is 1. The van der Waals surface area contributed by atoms with Gasteiger partial charge in [-0.05, 0) is 24.1 Å². The fraction of sp³-hybridized carbons (Fsp3) is 0.250. The van der Waals surface area contributed by atoms with Crippen LogP contribution in [0.1, 0.15) is 24.9 Å². The first-order valence-corrected chi connectivity index (χ1v) is 7.44. The summed E-state index contributed by atoms with van der Waals surface area (Å²) in [6.45, 7) is 2.08. The molecule has 0 saturated carbocycles. The summed E-state index contributed by atoms with van der Waals surface area (Å²) in [5, 5.41) is 3.36. The third-order valence-corrected chi connectivity index (χ3v) is 3.83. The van der Waals surface area contributed by atoms with Gasteiger partial charge in [0.15, 0.2) is 0 Å². The van der Waals surface area contributed by atoms with Gasteiger partial charge in [-0.3, -0.25) is 0 Å². The molecule has 0 aliphatic carbocycles. The molecule has 0 bridgehead atoms. The average Bonchev–Trinajstić information content (AvgIpc) is 2.46. The molecule has 20 heavy (non-hydrogen) atoms. The minimum absolute atomic E-state index is 0.121. The van der Waals surface area contributed by atoms with Crippen LogP contribution in [0, 0.1) is 0 Å². The Kier molecular flexibility index (Phi) is 5.41. The van der Waals surface area contributed by atoms with Gasteiger partial charge < -0.3 is 5.32 Å². The van der Waals surface area contributed by atoms with Crippen molar-refractivity contribution in [1.82, 2.24) is 0 Å². The van der Waals surface area contributed by atoms with E-state index in [4.69, 9.17) is 0 Å². The zero-order chi connectivity index (χ0) is 14.4. The van der Waals surface area contributed by atoms with Crippen LogP contribution in [-0.2, 0) is 0 Å². The average molecular weight is 293 g/mol. The van der Waals surface area contributed by atoms with Gasteiger partial charge >= 0.3 is 0 Å². The maximum Gasteiger partial charge on any atom is 0.288 e. The molecule has 0 aromatic heterocycles. The van der Waals surface area contributed by atoms with E-state index < -0.39 is 5.76 Å². The molecule has 0 amide bonds. The van der Waals surface area contributed by atoms with E-state index in [-0.39, 0.29) is 6.04 Å². The van der Waals surface area contributed by atoms with E-state index in [0.717, 1.165) is 17.7 Å². The number of rotatable bonds is 6. The topological polar surface area (TPSA) is 12.0 Å². The molecule has 2 rings (SSSR count). The van der Waals surface area contributed by atoms with Gasteiger partial charge in [0.25, 0.3) is 5.76 Å². The molecule has 4 heteroatoms. The van der Waals surface area contributed by atoms with Crippen LogP contribution in [0.5, 0.6) is 0 Å². The van der Waals surface area contributed by atoms with E-state index >= 15 is 0 Å². The van der Waals surface area contributed by atoms with Crippen molar-refractivity contribution in [2.45, 2.75) is 30.0 Å².